The van der Waals surface area contributed by atoms with Crippen LogP contribution in [0.15, 0.2) is 34.1 Å². The van der Waals surface area contributed by atoms with E-state index in [0.29, 0.717) is 18.1 Å². The molecule has 2 rings (SSSR count). The van der Waals surface area contributed by atoms with Crippen molar-refractivity contribution in [2.45, 2.75) is 19.9 Å². The number of thiophene rings is 1. The summed E-state index contributed by atoms with van der Waals surface area (Å²) in [5.74, 6) is 1.10. The van der Waals surface area contributed by atoms with Crippen LogP contribution in [0.25, 0.3) is 0 Å². The molecule has 1 N–H and O–H groups in total. The lowest BCUT2D eigenvalue weighted by Gasteiger charge is -2.17. The van der Waals surface area contributed by atoms with Crippen molar-refractivity contribution in [1.82, 2.24) is 10.2 Å². The van der Waals surface area contributed by atoms with Crippen LogP contribution in [0, 0.1) is 0 Å². The first-order valence-electron chi connectivity index (χ1n) is 8.52. The van der Waals surface area contributed by atoms with Gasteiger partial charge in [-0.1, -0.05) is 6.07 Å². The van der Waals surface area contributed by atoms with Gasteiger partial charge in [-0.2, -0.15) is 0 Å². The predicted molar refractivity (Wildman–Crippen MR) is 109 cm³/mol. The highest BCUT2D eigenvalue weighted by Gasteiger charge is 2.14. The van der Waals surface area contributed by atoms with Gasteiger partial charge in [0.15, 0.2) is 18.1 Å². The van der Waals surface area contributed by atoms with Crippen molar-refractivity contribution in [3.05, 3.63) is 44.6 Å². The van der Waals surface area contributed by atoms with Crippen LogP contribution in [0.1, 0.15) is 17.4 Å². The molecule has 0 unspecified atom stereocenters. The van der Waals surface area contributed by atoms with Gasteiger partial charge in [0.25, 0.3) is 5.91 Å². The van der Waals surface area contributed by atoms with E-state index in [1.54, 1.807) is 25.4 Å². The summed E-state index contributed by atoms with van der Waals surface area (Å²) in [7, 11) is 3.41. The zero-order chi connectivity index (χ0) is 18.9. The first-order valence-corrected chi connectivity index (χ1v) is 10.2. The van der Waals surface area contributed by atoms with Gasteiger partial charge in [-0.25, -0.2) is 0 Å². The van der Waals surface area contributed by atoms with Crippen molar-refractivity contribution in [1.29, 1.82) is 0 Å². The molecule has 5 nitrogen and oxygen atoms in total. The first-order chi connectivity index (χ1) is 12.5. The van der Waals surface area contributed by atoms with E-state index in [2.05, 4.69) is 38.8 Å². The van der Waals surface area contributed by atoms with Crippen LogP contribution < -0.4 is 14.8 Å². The fourth-order valence-corrected chi connectivity index (χ4v) is 3.60. The van der Waals surface area contributed by atoms with Crippen LogP contribution in [0.2, 0.25) is 0 Å². The van der Waals surface area contributed by atoms with Crippen LogP contribution in [0.4, 0.5) is 0 Å². The summed E-state index contributed by atoms with van der Waals surface area (Å²) < 4.78 is 12.2. The highest BCUT2D eigenvalue weighted by Crippen LogP contribution is 2.37. The molecular formula is C19H25BrN2O3S. The number of rotatable bonds is 10. The number of nitrogens with zero attached hydrogens (tertiary/aromatic N) is 1. The Kier molecular flexibility index (Phi) is 8.41. The van der Waals surface area contributed by atoms with Gasteiger partial charge in [-0.15, -0.1) is 11.3 Å². The molecule has 1 aromatic carbocycles. The van der Waals surface area contributed by atoms with Gasteiger partial charge in [-0.05, 0) is 58.4 Å². The van der Waals surface area contributed by atoms with Gasteiger partial charge < -0.3 is 19.7 Å². The predicted octanol–water partition coefficient (Wildman–Crippen LogP) is 3.71. The Morgan fingerprint density at radius 1 is 1.31 bits per heavy atom. The Morgan fingerprint density at radius 2 is 2.12 bits per heavy atom. The lowest BCUT2D eigenvalue weighted by molar-refractivity contribution is -0.130. The van der Waals surface area contributed by atoms with Crippen molar-refractivity contribution in [3.8, 4) is 11.5 Å². The van der Waals surface area contributed by atoms with Gasteiger partial charge in [0.1, 0.15) is 0 Å². The smallest absolute Gasteiger partial charge is 0.259 e. The zero-order valence-corrected chi connectivity index (χ0v) is 17.8. The van der Waals surface area contributed by atoms with Gasteiger partial charge in [0, 0.05) is 32.1 Å². The molecule has 0 aliphatic rings. The van der Waals surface area contributed by atoms with E-state index in [1.807, 2.05) is 19.1 Å². The zero-order valence-electron chi connectivity index (χ0n) is 15.4. The van der Waals surface area contributed by atoms with Crippen LogP contribution in [-0.2, 0) is 17.8 Å². The number of carbonyl (C=O) groups excluding carboxylic acids is 1. The van der Waals surface area contributed by atoms with E-state index in [-0.39, 0.29) is 12.5 Å². The summed E-state index contributed by atoms with van der Waals surface area (Å²) in [6.07, 6.45) is 1.02. The van der Waals surface area contributed by atoms with E-state index in [4.69, 9.17) is 9.47 Å². The quantitative estimate of drug-likeness (QED) is 0.572. The molecule has 0 aliphatic heterocycles. The summed E-state index contributed by atoms with van der Waals surface area (Å²) in [6.45, 7) is 4.08. The Balaban J connectivity index is 1.98. The van der Waals surface area contributed by atoms with Crippen LogP contribution in [0.5, 0.6) is 11.5 Å². The molecule has 0 saturated carbocycles. The third-order valence-corrected chi connectivity index (χ3v) is 5.19. The molecule has 1 aromatic heterocycles. The minimum absolute atomic E-state index is 0.0237. The molecule has 0 spiro atoms. The average molecular weight is 441 g/mol. The monoisotopic (exact) mass is 440 g/mol. The standard InChI is InChI=1S/C19H25BrN2O3S/c1-4-24-17-11-14(12-21-8-7-15-6-5-9-26-15)10-16(20)19(17)25-13-18(23)22(2)3/h5-6,9-11,21H,4,7-8,12-13H2,1-3H3. The number of ether oxygens (including phenoxy) is 2. The topological polar surface area (TPSA) is 50.8 Å². The third kappa shape index (κ3) is 6.30. The van der Waals surface area contributed by atoms with Gasteiger partial charge in [-0.3, -0.25) is 4.79 Å². The number of amides is 1. The van der Waals surface area contributed by atoms with Crippen molar-refractivity contribution in [3.63, 3.8) is 0 Å². The van der Waals surface area contributed by atoms with Crippen LogP contribution >= 0.6 is 27.3 Å². The number of likely N-dealkylation sites (N-methyl/N-ethyl adjacent to an activating group) is 1. The molecule has 1 heterocycles. The van der Waals surface area contributed by atoms with Crippen LogP contribution in [0.3, 0.4) is 0 Å². The molecule has 0 radical (unpaired) electrons. The van der Waals surface area contributed by atoms with Gasteiger partial charge in [0.2, 0.25) is 0 Å². The highest BCUT2D eigenvalue weighted by atomic mass is 79.9. The Bertz CT molecular complexity index is 705. The first kappa shape index (κ1) is 20.7. The normalized spacial score (nSPS) is 10.6. The summed E-state index contributed by atoms with van der Waals surface area (Å²) in [5.41, 5.74) is 1.10. The number of benzene rings is 1. The molecular weight excluding hydrogens is 416 g/mol. The second-order valence-electron chi connectivity index (χ2n) is 5.92. The maximum absolute atomic E-state index is 11.8. The lowest BCUT2D eigenvalue weighted by atomic mass is 10.2. The second kappa shape index (κ2) is 10.5. The number of halogens is 1. The second-order valence-corrected chi connectivity index (χ2v) is 7.81. The van der Waals surface area contributed by atoms with Crippen molar-refractivity contribution in [2.24, 2.45) is 0 Å². The van der Waals surface area contributed by atoms with Gasteiger partial charge in [0.05, 0.1) is 11.1 Å². The van der Waals surface area contributed by atoms with E-state index < -0.39 is 0 Å². The molecule has 0 bridgehead atoms. The van der Waals surface area contributed by atoms with Gasteiger partial charge >= 0.3 is 0 Å². The molecule has 0 aliphatic carbocycles. The van der Waals surface area contributed by atoms with E-state index in [1.165, 1.54) is 9.78 Å². The van der Waals surface area contributed by atoms with E-state index in [0.717, 1.165) is 29.5 Å². The van der Waals surface area contributed by atoms with Crippen molar-refractivity contribution >= 4 is 33.2 Å². The molecule has 0 atom stereocenters. The maximum atomic E-state index is 11.8. The minimum Gasteiger partial charge on any atom is -0.490 e. The minimum atomic E-state index is -0.0985. The van der Waals surface area contributed by atoms with E-state index in [9.17, 15) is 4.79 Å². The maximum Gasteiger partial charge on any atom is 0.259 e. The fourth-order valence-electron chi connectivity index (χ4n) is 2.29. The summed E-state index contributed by atoms with van der Waals surface area (Å²) in [6, 6.07) is 8.18. The SMILES string of the molecule is CCOc1cc(CNCCc2cccs2)cc(Br)c1OCC(=O)N(C)C. The Morgan fingerprint density at radius 3 is 2.77 bits per heavy atom. The largest absolute Gasteiger partial charge is 0.490 e. The summed E-state index contributed by atoms with van der Waals surface area (Å²) in [4.78, 5) is 14.6. The molecule has 2 aromatic rings. The highest BCUT2D eigenvalue weighted by molar-refractivity contribution is 9.10. The average Bonchev–Trinajstić information content (AvgIpc) is 3.11. The Hall–Kier alpha value is -1.57. The molecule has 1 amide bonds. The number of nitrogens with one attached hydrogen (secondary N) is 1. The Labute approximate surface area is 167 Å². The number of hydrogen-bond acceptors (Lipinski definition) is 5. The lowest BCUT2D eigenvalue weighted by Crippen LogP contribution is -2.27. The summed E-state index contributed by atoms with van der Waals surface area (Å²) >= 11 is 5.32. The van der Waals surface area contributed by atoms with Crippen molar-refractivity contribution in [2.75, 3.05) is 33.9 Å². The van der Waals surface area contributed by atoms with Crippen molar-refractivity contribution < 1.29 is 14.3 Å². The molecule has 0 fully saturated rings. The number of hydrogen-bond donors (Lipinski definition) is 1. The van der Waals surface area contributed by atoms with Crippen LogP contribution in [-0.4, -0.2) is 44.7 Å². The molecule has 26 heavy (non-hydrogen) atoms. The summed E-state index contributed by atoms with van der Waals surface area (Å²) in [5, 5.41) is 5.55. The van der Waals surface area contributed by atoms with E-state index >= 15 is 0 Å². The third-order valence-electron chi connectivity index (χ3n) is 3.67. The molecule has 142 valence electrons. The number of carbonyl (C=O) groups is 1. The fraction of sp³-hybridized carbons (Fsp3) is 0.421. The molecule has 0 saturated heterocycles. The molecule has 7 heteroatoms.